The molecular formula is C10H20N2O3S. The van der Waals surface area contributed by atoms with Gasteiger partial charge in [-0.3, -0.25) is 4.79 Å². The fourth-order valence-electron chi connectivity index (χ4n) is 1.77. The number of hydrogen-bond donors (Lipinski definition) is 1. The van der Waals surface area contributed by atoms with Gasteiger partial charge in [-0.1, -0.05) is 20.8 Å². The van der Waals surface area contributed by atoms with Crippen molar-refractivity contribution in [3.05, 3.63) is 0 Å². The molecule has 1 aliphatic heterocycles. The van der Waals surface area contributed by atoms with E-state index in [1.165, 1.54) is 4.31 Å². The first kappa shape index (κ1) is 13.4. The second-order valence-corrected chi connectivity index (χ2v) is 7.32. The quantitative estimate of drug-likeness (QED) is 0.758. The van der Waals surface area contributed by atoms with E-state index in [4.69, 9.17) is 0 Å². The van der Waals surface area contributed by atoms with Crippen molar-refractivity contribution in [1.82, 2.24) is 9.62 Å². The number of sulfonamides is 1. The van der Waals surface area contributed by atoms with Gasteiger partial charge in [-0.2, -0.15) is 4.31 Å². The lowest BCUT2D eigenvalue weighted by Gasteiger charge is -2.33. The molecule has 1 N–H and O–H groups in total. The Hall–Kier alpha value is -0.620. The molecule has 0 aromatic rings. The minimum atomic E-state index is -3.35. The number of nitrogens with zero attached hydrogens (tertiary/aromatic N) is 1. The van der Waals surface area contributed by atoms with Crippen molar-refractivity contribution in [2.45, 2.75) is 33.7 Å². The molecule has 1 fully saturated rings. The fraction of sp³-hybridized carbons (Fsp3) is 0.900. The molecule has 1 amide bonds. The lowest BCUT2D eigenvalue weighted by Crippen LogP contribution is -2.56. The first-order valence-electron chi connectivity index (χ1n) is 5.41. The van der Waals surface area contributed by atoms with Crippen LogP contribution >= 0.6 is 0 Å². The van der Waals surface area contributed by atoms with E-state index < -0.39 is 16.1 Å². The molecule has 0 aromatic carbocycles. The van der Waals surface area contributed by atoms with Gasteiger partial charge in [0.1, 0.15) is 6.04 Å². The zero-order chi connectivity index (χ0) is 12.6. The lowest BCUT2D eigenvalue weighted by molar-refractivity contribution is -0.126. The lowest BCUT2D eigenvalue weighted by atomic mass is 10.0. The molecule has 1 saturated heterocycles. The Morgan fingerprint density at radius 2 is 2.00 bits per heavy atom. The second-order valence-electron chi connectivity index (χ2n) is 5.39. The van der Waals surface area contributed by atoms with Crippen LogP contribution in [-0.4, -0.2) is 43.5 Å². The summed E-state index contributed by atoms with van der Waals surface area (Å²) < 4.78 is 25.5. The average Bonchev–Trinajstić information content (AvgIpc) is 2.05. The van der Waals surface area contributed by atoms with Crippen LogP contribution in [0.5, 0.6) is 0 Å². The van der Waals surface area contributed by atoms with Gasteiger partial charge in [0.25, 0.3) is 0 Å². The predicted molar refractivity (Wildman–Crippen MR) is 62.4 cm³/mol. The van der Waals surface area contributed by atoms with Crippen LogP contribution in [0.15, 0.2) is 0 Å². The summed E-state index contributed by atoms with van der Waals surface area (Å²) in [5.41, 5.74) is -0.299. The zero-order valence-corrected chi connectivity index (χ0v) is 11.1. The van der Waals surface area contributed by atoms with Crippen LogP contribution in [0.25, 0.3) is 0 Å². The Balaban J connectivity index is 2.87. The molecule has 1 aliphatic rings. The molecule has 1 rings (SSSR count). The van der Waals surface area contributed by atoms with Crippen molar-refractivity contribution in [2.75, 3.05) is 18.8 Å². The van der Waals surface area contributed by atoms with Crippen LogP contribution < -0.4 is 5.32 Å². The maximum Gasteiger partial charge on any atom is 0.238 e. The van der Waals surface area contributed by atoms with Crippen LogP contribution in [-0.2, 0) is 14.8 Å². The SMILES string of the molecule is CC1C(=O)NCCN1S(=O)(=O)CC(C)(C)C. The molecule has 1 heterocycles. The molecule has 16 heavy (non-hydrogen) atoms. The third-order valence-corrected chi connectivity index (χ3v) is 4.86. The van der Waals surface area contributed by atoms with E-state index in [0.717, 1.165) is 0 Å². The van der Waals surface area contributed by atoms with E-state index in [2.05, 4.69) is 5.32 Å². The van der Waals surface area contributed by atoms with Crippen LogP contribution in [0.2, 0.25) is 0 Å². The molecule has 1 unspecified atom stereocenters. The maximum atomic E-state index is 12.1. The number of hydrogen-bond acceptors (Lipinski definition) is 3. The highest BCUT2D eigenvalue weighted by molar-refractivity contribution is 7.89. The van der Waals surface area contributed by atoms with Crippen LogP contribution in [0.4, 0.5) is 0 Å². The van der Waals surface area contributed by atoms with Crippen molar-refractivity contribution < 1.29 is 13.2 Å². The van der Waals surface area contributed by atoms with Crippen LogP contribution in [0, 0.1) is 5.41 Å². The van der Waals surface area contributed by atoms with Gasteiger partial charge in [-0.25, -0.2) is 8.42 Å². The van der Waals surface area contributed by atoms with Gasteiger partial charge in [-0.05, 0) is 12.3 Å². The average molecular weight is 248 g/mol. The summed E-state index contributed by atoms with van der Waals surface area (Å²) in [6, 6.07) is -0.596. The maximum absolute atomic E-state index is 12.1. The van der Waals surface area contributed by atoms with E-state index in [0.29, 0.717) is 13.1 Å². The van der Waals surface area contributed by atoms with Gasteiger partial charge >= 0.3 is 0 Å². The van der Waals surface area contributed by atoms with E-state index in [9.17, 15) is 13.2 Å². The summed E-state index contributed by atoms with van der Waals surface area (Å²) >= 11 is 0. The largest absolute Gasteiger partial charge is 0.353 e. The highest BCUT2D eigenvalue weighted by Crippen LogP contribution is 2.21. The summed E-state index contributed by atoms with van der Waals surface area (Å²) in [4.78, 5) is 11.4. The summed E-state index contributed by atoms with van der Waals surface area (Å²) in [6.45, 7) is 8.00. The number of carbonyl (C=O) groups excluding carboxylic acids is 1. The van der Waals surface area contributed by atoms with Gasteiger partial charge in [0.05, 0.1) is 5.75 Å². The van der Waals surface area contributed by atoms with Gasteiger partial charge < -0.3 is 5.32 Å². The first-order valence-corrected chi connectivity index (χ1v) is 7.02. The van der Waals surface area contributed by atoms with E-state index >= 15 is 0 Å². The normalized spacial score (nSPS) is 24.2. The fourth-order valence-corrected chi connectivity index (χ4v) is 3.98. The minimum absolute atomic E-state index is 0.0671. The summed E-state index contributed by atoms with van der Waals surface area (Å²) in [5.74, 6) is -0.152. The Morgan fingerprint density at radius 1 is 1.44 bits per heavy atom. The highest BCUT2D eigenvalue weighted by atomic mass is 32.2. The van der Waals surface area contributed by atoms with Crippen molar-refractivity contribution in [3.63, 3.8) is 0 Å². The molecule has 0 bridgehead atoms. The van der Waals surface area contributed by atoms with E-state index in [1.807, 2.05) is 20.8 Å². The zero-order valence-electron chi connectivity index (χ0n) is 10.3. The van der Waals surface area contributed by atoms with Crippen molar-refractivity contribution in [3.8, 4) is 0 Å². The van der Waals surface area contributed by atoms with E-state index in [1.54, 1.807) is 6.92 Å². The second kappa shape index (κ2) is 4.33. The Bertz CT molecular complexity index is 370. The molecule has 0 saturated carbocycles. The highest BCUT2D eigenvalue weighted by Gasteiger charge is 2.36. The summed E-state index contributed by atoms with van der Waals surface area (Å²) in [7, 11) is -3.35. The molecule has 0 spiro atoms. The smallest absolute Gasteiger partial charge is 0.238 e. The number of amides is 1. The molecule has 0 aromatic heterocycles. The number of rotatable bonds is 2. The number of nitrogens with one attached hydrogen (secondary N) is 1. The number of piperazine rings is 1. The molecular weight excluding hydrogens is 228 g/mol. The molecule has 1 atom stereocenters. The van der Waals surface area contributed by atoms with Gasteiger partial charge in [0, 0.05) is 13.1 Å². The monoisotopic (exact) mass is 248 g/mol. The third kappa shape index (κ3) is 3.18. The molecule has 5 nitrogen and oxygen atoms in total. The summed E-state index contributed by atoms with van der Waals surface area (Å²) in [5, 5.41) is 2.65. The van der Waals surface area contributed by atoms with E-state index in [-0.39, 0.29) is 17.1 Å². The van der Waals surface area contributed by atoms with Crippen LogP contribution in [0.3, 0.4) is 0 Å². The molecule has 0 aliphatic carbocycles. The Morgan fingerprint density at radius 3 is 2.50 bits per heavy atom. The van der Waals surface area contributed by atoms with Crippen molar-refractivity contribution in [2.24, 2.45) is 5.41 Å². The van der Waals surface area contributed by atoms with Gasteiger partial charge in [-0.15, -0.1) is 0 Å². The Labute approximate surface area is 97.2 Å². The standard InChI is InChI=1S/C10H20N2O3S/c1-8-9(13)11-5-6-12(8)16(14,15)7-10(2,3)4/h8H,5-7H2,1-4H3,(H,11,13). The molecule has 6 heteroatoms. The van der Waals surface area contributed by atoms with Gasteiger partial charge in [0.2, 0.25) is 15.9 Å². The topological polar surface area (TPSA) is 66.5 Å². The Kier molecular flexibility index (Phi) is 3.64. The number of carbonyl (C=O) groups is 1. The first-order chi connectivity index (χ1) is 7.13. The van der Waals surface area contributed by atoms with Crippen LogP contribution in [0.1, 0.15) is 27.7 Å². The van der Waals surface area contributed by atoms with Crippen molar-refractivity contribution in [1.29, 1.82) is 0 Å². The predicted octanol–water partition coefficient (Wildman–Crippen LogP) is 0.183. The van der Waals surface area contributed by atoms with Crippen molar-refractivity contribution >= 4 is 15.9 Å². The third-order valence-electron chi connectivity index (χ3n) is 2.42. The summed E-state index contributed by atoms with van der Waals surface area (Å²) in [6.07, 6.45) is 0. The molecule has 94 valence electrons. The molecule has 0 radical (unpaired) electrons. The van der Waals surface area contributed by atoms with Gasteiger partial charge in [0.15, 0.2) is 0 Å². The minimum Gasteiger partial charge on any atom is -0.353 e.